The van der Waals surface area contributed by atoms with Crippen LogP contribution in [0.4, 0.5) is 0 Å². The lowest BCUT2D eigenvalue weighted by molar-refractivity contribution is 0.151. The Kier molecular flexibility index (Phi) is 3.65. The van der Waals surface area contributed by atoms with Crippen molar-refractivity contribution in [1.82, 2.24) is 0 Å². The van der Waals surface area contributed by atoms with Crippen molar-refractivity contribution in [3.05, 3.63) is 34.9 Å². The van der Waals surface area contributed by atoms with Crippen LogP contribution in [0.25, 0.3) is 0 Å². The zero-order valence-corrected chi connectivity index (χ0v) is 10.4. The highest BCUT2D eigenvalue weighted by Gasteiger charge is 2.22. The molecule has 0 amide bonds. The third-order valence-electron chi connectivity index (χ3n) is 3.73. The molecule has 0 fully saturated rings. The second kappa shape index (κ2) is 5.01. The van der Waals surface area contributed by atoms with E-state index in [4.69, 9.17) is 0 Å². The zero-order valence-electron chi connectivity index (χ0n) is 10.4. The van der Waals surface area contributed by atoms with E-state index >= 15 is 0 Å². The Morgan fingerprint density at radius 2 is 2.06 bits per heavy atom. The summed E-state index contributed by atoms with van der Waals surface area (Å²) in [6.07, 6.45) is 5.42. The van der Waals surface area contributed by atoms with Crippen molar-refractivity contribution >= 4 is 0 Å². The largest absolute Gasteiger partial charge is 0.388 e. The Balaban J connectivity index is 2.25. The molecule has 1 aliphatic carbocycles. The number of rotatable bonds is 3. The maximum atomic E-state index is 10.0. The van der Waals surface area contributed by atoms with Gasteiger partial charge in [0.1, 0.15) is 0 Å². The first-order valence-corrected chi connectivity index (χ1v) is 6.53. The van der Waals surface area contributed by atoms with Gasteiger partial charge < -0.3 is 5.11 Å². The molecule has 0 spiro atoms. The minimum absolute atomic E-state index is 0.229. The molecule has 0 radical (unpaired) electrons. The van der Waals surface area contributed by atoms with E-state index in [2.05, 4.69) is 32.0 Å². The van der Waals surface area contributed by atoms with Gasteiger partial charge in [-0.15, -0.1) is 0 Å². The zero-order chi connectivity index (χ0) is 11.5. The van der Waals surface area contributed by atoms with Crippen LogP contribution in [-0.2, 0) is 6.42 Å². The number of unbranched alkanes of at least 4 members (excludes halogenated alkanes) is 1. The Morgan fingerprint density at radius 3 is 2.81 bits per heavy atom. The van der Waals surface area contributed by atoms with Crippen LogP contribution >= 0.6 is 0 Å². The Labute approximate surface area is 98.5 Å². The van der Waals surface area contributed by atoms with Gasteiger partial charge in [-0.1, -0.05) is 38.5 Å². The van der Waals surface area contributed by atoms with Crippen LogP contribution in [0.5, 0.6) is 0 Å². The van der Waals surface area contributed by atoms with Crippen LogP contribution in [0.15, 0.2) is 18.2 Å². The summed E-state index contributed by atoms with van der Waals surface area (Å²) in [6.45, 7) is 4.48. The van der Waals surface area contributed by atoms with Gasteiger partial charge in [-0.3, -0.25) is 0 Å². The summed E-state index contributed by atoms with van der Waals surface area (Å²) in [6, 6.07) is 6.70. The van der Waals surface area contributed by atoms with Gasteiger partial charge in [-0.25, -0.2) is 0 Å². The van der Waals surface area contributed by atoms with E-state index in [-0.39, 0.29) is 6.10 Å². The van der Waals surface area contributed by atoms with Crippen molar-refractivity contribution in [3.63, 3.8) is 0 Å². The van der Waals surface area contributed by atoms with Crippen LogP contribution in [0.2, 0.25) is 0 Å². The molecule has 88 valence electrons. The molecule has 1 N–H and O–H groups in total. The summed E-state index contributed by atoms with van der Waals surface area (Å²) < 4.78 is 0. The normalized spacial score (nSPS) is 24.2. The first-order valence-electron chi connectivity index (χ1n) is 6.53. The van der Waals surface area contributed by atoms with Crippen LogP contribution in [-0.4, -0.2) is 5.11 Å². The van der Waals surface area contributed by atoms with Crippen molar-refractivity contribution in [2.75, 3.05) is 0 Å². The molecule has 0 bridgehead atoms. The van der Waals surface area contributed by atoms with Gasteiger partial charge in [0, 0.05) is 0 Å². The standard InChI is InChI=1S/C15H22O/c1-3-4-5-12-7-8-13-11(2)6-9-15(16)14(13)10-12/h7-8,10-11,15-16H,3-6,9H2,1-2H3. The molecule has 1 aliphatic rings. The first-order chi connectivity index (χ1) is 7.72. The summed E-state index contributed by atoms with van der Waals surface area (Å²) >= 11 is 0. The van der Waals surface area contributed by atoms with Gasteiger partial charge in [0.05, 0.1) is 6.10 Å². The molecule has 1 nitrogen and oxygen atoms in total. The molecule has 1 heteroatoms. The smallest absolute Gasteiger partial charge is 0.0793 e. The number of fused-ring (bicyclic) bond motifs is 1. The Morgan fingerprint density at radius 1 is 1.25 bits per heavy atom. The molecule has 2 unspecified atom stereocenters. The van der Waals surface area contributed by atoms with E-state index in [9.17, 15) is 5.11 Å². The van der Waals surface area contributed by atoms with E-state index in [1.165, 1.54) is 29.5 Å². The summed E-state index contributed by atoms with van der Waals surface area (Å²) in [4.78, 5) is 0. The minimum Gasteiger partial charge on any atom is -0.388 e. The topological polar surface area (TPSA) is 20.2 Å². The number of aliphatic hydroxyl groups excluding tert-OH is 1. The van der Waals surface area contributed by atoms with Gasteiger partial charge in [-0.2, -0.15) is 0 Å². The van der Waals surface area contributed by atoms with E-state index in [0.717, 1.165) is 19.3 Å². The quantitative estimate of drug-likeness (QED) is 0.814. The van der Waals surface area contributed by atoms with Crippen molar-refractivity contribution in [1.29, 1.82) is 0 Å². The molecule has 16 heavy (non-hydrogen) atoms. The fraction of sp³-hybridized carbons (Fsp3) is 0.600. The number of aryl methyl sites for hydroxylation is 1. The van der Waals surface area contributed by atoms with Crippen LogP contribution < -0.4 is 0 Å². The van der Waals surface area contributed by atoms with Gasteiger partial charge in [0.15, 0.2) is 0 Å². The molecule has 0 heterocycles. The van der Waals surface area contributed by atoms with Gasteiger partial charge in [-0.05, 0) is 48.3 Å². The molecular weight excluding hydrogens is 196 g/mol. The summed E-state index contributed by atoms with van der Waals surface area (Å²) in [5.41, 5.74) is 3.93. The SMILES string of the molecule is CCCCc1ccc2c(c1)C(O)CCC2C. The van der Waals surface area contributed by atoms with Gasteiger partial charge in [0.25, 0.3) is 0 Å². The average molecular weight is 218 g/mol. The van der Waals surface area contributed by atoms with E-state index in [0.29, 0.717) is 5.92 Å². The lowest BCUT2D eigenvalue weighted by Crippen LogP contribution is -2.12. The maximum absolute atomic E-state index is 10.0. The predicted molar refractivity (Wildman–Crippen MR) is 67.7 cm³/mol. The lowest BCUT2D eigenvalue weighted by Gasteiger charge is -2.27. The van der Waals surface area contributed by atoms with Crippen molar-refractivity contribution in [3.8, 4) is 0 Å². The highest BCUT2D eigenvalue weighted by molar-refractivity contribution is 5.37. The van der Waals surface area contributed by atoms with Crippen LogP contribution in [0.3, 0.4) is 0 Å². The molecule has 2 rings (SSSR count). The van der Waals surface area contributed by atoms with E-state index in [1.807, 2.05) is 0 Å². The number of benzene rings is 1. The third-order valence-corrected chi connectivity index (χ3v) is 3.73. The Hall–Kier alpha value is -0.820. The fourth-order valence-electron chi connectivity index (χ4n) is 2.62. The summed E-state index contributed by atoms with van der Waals surface area (Å²) in [5.74, 6) is 0.610. The number of hydrogen-bond acceptors (Lipinski definition) is 1. The molecule has 1 aromatic rings. The average Bonchev–Trinajstić information content (AvgIpc) is 2.31. The molecule has 0 aliphatic heterocycles. The number of hydrogen-bond donors (Lipinski definition) is 1. The van der Waals surface area contributed by atoms with Gasteiger partial charge >= 0.3 is 0 Å². The highest BCUT2D eigenvalue weighted by Crippen LogP contribution is 2.37. The lowest BCUT2D eigenvalue weighted by atomic mass is 9.81. The minimum atomic E-state index is -0.229. The molecular formula is C15H22O. The van der Waals surface area contributed by atoms with Crippen LogP contribution in [0.1, 0.15) is 68.2 Å². The predicted octanol–water partition coefficient (Wildman–Crippen LogP) is 3.96. The van der Waals surface area contributed by atoms with E-state index < -0.39 is 0 Å². The summed E-state index contributed by atoms with van der Waals surface area (Å²) in [7, 11) is 0. The van der Waals surface area contributed by atoms with Crippen molar-refractivity contribution in [2.45, 2.75) is 58.0 Å². The highest BCUT2D eigenvalue weighted by atomic mass is 16.3. The molecule has 2 atom stereocenters. The molecule has 0 saturated heterocycles. The fourth-order valence-corrected chi connectivity index (χ4v) is 2.62. The second-order valence-electron chi connectivity index (χ2n) is 5.06. The van der Waals surface area contributed by atoms with Gasteiger partial charge in [0.2, 0.25) is 0 Å². The molecule has 0 saturated carbocycles. The monoisotopic (exact) mass is 218 g/mol. The molecule has 1 aromatic carbocycles. The number of aliphatic hydroxyl groups is 1. The first kappa shape index (κ1) is 11.7. The van der Waals surface area contributed by atoms with Crippen molar-refractivity contribution < 1.29 is 5.11 Å². The van der Waals surface area contributed by atoms with E-state index in [1.54, 1.807) is 0 Å². The molecule has 0 aromatic heterocycles. The second-order valence-corrected chi connectivity index (χ2v) is 5.06. The van der Waals surface area contributed by atoms with Crippen LogP contribution in [0, 0.1) is 0 Å². The van der Waals surface area contributed by atoms with Crippen molar-refractivity contribution in [2.24, 2.45) is 0 Å². The summed E-state index contributed by atoms with van der Waals surface area (Å²) in [5, 5.41) is 10.0. The Bertz CT molecular complexity index is 356. The maximum Gasteiger partial charge on any atom is 0.0793 e. The third kappa shape index (κ3) is 2.30.